The van der Waals surface area contributed by atoms with E-state index in [0.29, 0.717) is 63.9 Å². The Bertz CT molecular complexity index is 4140. The summed E-state index contributed by atoms with van der Waals surface area (Å²) < 4.78 is 144. The number of hydrogen-bond donors (Lipinski definition) is 7. The normalized spacial score (nSPS) is 25.2. The average molecular weight is 1530 g/mol. The number of oxazole rings is 1. The Hall–Kier alpha value is -10.8. The van der Waals surface area contributed by atoms with Crippen LogP contribution in [0, 0.1) is 16.2 Å². The second-order valence-corrected chi connectivity index (χ2v) is 28.2. The number of nitrogens with zero attached hydrogens (tertiary/aromatic N) is 6. The Kier molecular flexibility index (Phi) is 19.8. The summed E-state index contributed by atoms with van der Waals surface area (Å²) in [5, 5.41) is 15.1. The number of fused-ring (bicyclic) bond motifs is 12. The molecular weight excluding hydrogens is 1470 g/mol. The van der Waals surface area contributed by atoms with Crippen LogP contribution in [0.25, 0.3) is 0 Å². The number of imidazole rings is 1. The predicted octanol–water partition coefficient (Wildman–Crippen LogP) is 5.97. The van der Waals surface area contributed by atoms with E-state index in [9.17, 15) is 97.0 Å². The third-order valence-corrected chi connectivity index (χ3v) is 21.6. The van der Waals surface area contributed by atoms with Crippen molar-refractivity contribution in [3.05, 3.63) is 141 Å². The summed E-state index contributed by atoms with van der Waals surface area (Å²) >= 11 is 1.42. The minimum atomic E-state index is -4.69. The first-order chi connectivity index (χ1) is 51.0. The van der Waals surface area contributed by atoms with Crippen LogP contribution in [0.2, 0.25) is 0 Å². The van der Waals surface area contributed by atoms with Crippen LogP contribution in [-0.4, -0.2) is 184 Å². The molecule has 9 aliphatic rings. The van der Waals surface area contributed by atoms with E-state index >= 15 is 0 Å². The van der Waals surface area contributed by atoms with E-state index < -0.39 is 163 Å². The highest BCUT2D eigenvalue weighted by molar-refractivity contribution is 7.09. The first-order valence-electron chi connectivity index (χ1n) is 33.7. The standard InChI is InChI=1S/C23H22F3N5O5.C23H21F3N4O6.C23H21F3N4O5S/c1-11-18-22(19(33)29-21(35)30-20(22)34)9-13-8-12(15(32)4-5-17-27-6-7-28-17)2-3-14(13)31(18)10-16(36-11)23(24,25)26;1-11-18-22(19(32)28-21(34)29-20(22)33)9-13-8-12(15(31)4-5-17-27-6-7-35-17)2-3-14(13)30(18)10-16(36-11)23(24,25)26;1-11-18-22(19(32)28-21(34)29-20(22)33)9-13-8-12(15(31)4-5-17-27-6-7-36-17)2-3-14(13)30(18)10-16(35-11)23(24,25)26/h2-3,6-8,11,16,18H,4-5,9-10H2,1H3,(H,27,28)(H2,29,30,33,34,35);2*2-3,6-8,11,16,18H,4-5,9-10H2,1H3,(H2,28,29,32,33,34)/t3*11-,16-,18+/m000/s1. The number of thiazole rings is 1. The number of morpholine rings is 3. The number of carbonyl (C=O) groups is 12. The highest BCUT2D eigenvalue weighted by atomic mass is 32.1. The van der Waals surface area contributed by atoms with Gasteiger partial charge in [-0.05, 0) is 111 Å². The maximum atomic E-state index is 13.7. The highest BCUT2D eigenvalue weighted by Gasteiger charge is 2.68. The SMILES string of the molecule is C[C@@H]1O[C@H](C(F)(F)F)CN2c3ccc(C(=O)CCc4ncc[nH]4)cc3CC3(C(=O)NC(=O)NC3=O)[C@@H]12.C[C@@H]1O[C@H](C(F)(F)F)CN2c3ccc(C(=O)CCc4ncco4)cc3CC3(C(=O)NC(=O)NC3=O)[C@@H]12.C[C@@H]1O[C@H](C(F)(F)F)CN2c3ccc(C(=O)CCc4nccs4)cc3CC3(C(=O)NC(=O)NC3=O)[C@@H]12. The molecule has 6 saturated heterocycles. The van der Waals surface area contributed by atoms with Gasteiger partial charge in [0.05, 0.1) is 67.3 Å². The fourth-order valence-corrected chi connectivity index (χ4v) is 16.7. The van der Waals surface area contributed by atoms with Gasteiger partial charge in [0.15, 0.2) is 57.8 Å². The monoisotopic (exact) mass is 1530 g/mol. The number of aryl methyl sites for hydroxylation is 3. The number of urea groups is 3. The molecule has 9 aliphatic heterocycles. The van der Waals surface area contributed by atoms with E-state index in [1.165, 1.54) is 108 Å². The molecule has 29 nitrogen and oxygen atoms in total. The molecule has 0 aliphatic carbocycles. The summed E-state index contributed by atoms with van der Waals surface area (Å²) in [6.45, 7) is 2.12. The molecule has 12 heterocycles. The topological polar surface area (TPSA) is 382 Å². The van der Waals surface area contributed by atoms with Gasteiger partial charge in [0.1, 0.15) is 12.1 Å². The molecule has 3 aromatic carbocycles. The second-order valence-electron chi connectivity index (χ2n) is 27.3. The van der Waals surface area contributed by atoms with Gasteiger partial charge in [-0.25, -0.2) is 29.3 Å². The lowest BCUT2D eigenvalue weighted by atomic mass is 9.66. The number of aromatic nitrogens is 4. The zero-order chi connectivity index (χ0) is 77.5. The van der Waals surface area contributed by atoms with Crippen LogP contribution in [0.5, 0.6) is 0 Å². The van der Waals surface area contributed by atoms with Crippen molar-refractivity contribution in [2.24, 2.45) is 16.2 Å². The van der Waals surface area contributed by atoms with Crippen molar-refractivity contribution in [1.29, 1.82) is 0 Å². The molecule has 15 rings (SSSR count). The fourth-order valence-electron chi connectivity index (χ4n) is 16.1. The number of imide groups is 6. The number of anilines is 3. The number of carbonyl (C=O) groups excluding carboxylic acids is 12. The van der Waals surface area contributed by atoms with Gasteiger partial charge in [-0.2, -0.15) is 39.5 Å². The number of rotatable bonds is 12. The van der Waals surface area contributed by atoms with Gasteiger partial charge >= 0.3 is 36.6 Å². The molecule has 6 fully saturated rings. The number of Topliss-reactive ketones (excluding diaryl/α,β-unsaturated/α-hetero) is 3. The summed E-state index contributed by atoms with van der Waals surface area (Å²) in [5.74, 6) is -5.26. The Balaban J connectivity index is 0.000000143. The minimum absolute atomic E-state index is 0.0628. The molecule has 6 aromatic rings. The molecule has 3 spiro atoms. The lowest BCUT2D eigenvalue weighted by Crippen LogP contribution is -2.76. The summed E-state index contributed by atoms with van der Waals surface area (Å²) in [6, 6.07) is 7.26. The number of ketones is 3. The van der Waals surface area contributed by atoms with E-state index in [1.807, 2.05) is 0 Å². The predicted molar refractivity (Wildman–Crippen MR) is 353 cm³/mol. The number of alkyl halides is 9. The Morgan fingerprint density at radius 3 is 1.13 bits per heavy atom. The largest absolute Gasteiger partial charge is 0.449 e. The number of H-pyrrole nitrogens is 1. The van der Waals surface area contributed by atoms with E-state index in [0.717, 1.165) is 5.01 Å². The molecule has 570 valence electrons. The zero-order valence-electron chi connectivity index (χ0n) is 56.9. The molecule has 0 saturated carbocycles. The van der Waals surface area contributed by atoms with E-state index in [2.05, 4.69) is 51.8 Å². The number of hydrogen-bond acceptors (Lipinski definition) is 23. The third-order valence-electron chi connectivity index (χ3n) is 20.8. The maximum absolute atomic E-state index is 13.7. The van der Waals surface area contributed by atoms with Crippen molar-refractivity contribution in [3.63, 3.8) is 0 Å². The molecule has 39 heteroatoms. The number of aromatic amines is 1. The molecule has 108 heavy (non-hydrogen) atoms. The van der Waals surface area contributed by atoms with Gasteiger partial charge in [0, 0.05) is 96.2 Å². The number of benzene rings is 3. The Morgan fingerprint density at radius 2 is 0.824 bits per heavy atom. The molecule has 3 aromatic heterocycles. The van der Waals surface area contributed by atoms with Crippen molar-refractivity contribution >= 4 is 99.3 Å². The summed E-state index contributed by atoms with van der Waals surface area (Å²) in [7, 11) is 0. The van der Waals surface area contributed by atoms with Crippen LogP contribution >= 0.6 is 11.3 Å². The van der Waals surface area contributed by atoms with Gasteiger partial charge < -0.3 is 38.3 Å². The van der Waals surface area contributed by atoms with Crippen LogP contribution in [0.3, 0.4) is 0 Å². The Morgan fingerprint density at radius 1 is 0.472 bits per heavy atom. The van der Waals surface area contributed by atoms with E-state index in [-0.39, 0.29) is 73.4 Å². The maximum Gasteiger partial charge on any atom is 0.416 e. The van der Waals surface area contributed by atoms with E-state index in [1.54, 1.807) is 30.0 Å². The number of halogens is 9. The molecule has 9 atom stereocenters. The lowest BCUT2D eigenvalue weighted by molar-refractivity contribution is -0.243. The average Bonchev–Trinajstić information content (AvgIpc) is 0.734. The quantitative estimate of drug-likeness (QED) is 0.0421. The van der Waals surface area contributed by atoms with Gasteiger partial charge in [-0.15, -0.1) is 11.3 Å². The van der Waals surface area contributed by atoms with Crippen LogP contribution < -0.4 is 46.6 Å². The number of nitrogens with one attached hydrogen (secondary N) is 7. The van der Waals surface area contributed by atoms with Crippen LogP contribution in [0.1, 0.15) is 105 Å². The Labute approximate surface area is 608 Å². The first-order valence-corrected chi connectivity index (χ1v) is 34.6. The van der Waals surface area contributed by atoms with Gasteiger partial charge in [0.25, 0.3) is 0 Å². The third kappa shape index (κ3) is 13.8. The van der Waals surface area contributed by atoms with Gasteiger partial charge in [0.2, 0.25) is 35.4 Å². The number of amides is 12. The van der Waals surface area contributed by atoms with Crippen molar-refractivity contribution in [2.45, 2.75) is 152 Å². The second kappa shape index (κ2) is 28.4. The smallest absolute Gasteiger partial charge is 0.416 e. The molecule has 0 bridgehead atoms. The van der Waals surface area contributed by atoms with Crippen molar-refractivity contribution in [2.75, 3.05) is 34.3 Å². The highest BCUT2D eigenvalue weighted by Crippen LogP contribution is 2.52. The van der Waals surface area contributed by atoms with Crippen LogP contribution in [0.15, 0.2) is 95.4 Å². The first kappa shape index (κ1) is 75.4. The van der Waals surface area contributed by atoms with Gasteiger partial charge in [-0.1, -0.05) is 0 Å². The number of barbiturate groups is 3. The molecular formula is C69H64F9N13O16S. The van der Waals surface area contributed by atoms with Crippen LogP contribution in [-0.2, 0) is 81.5 Å². The fraction of sp³-hybridized carbons (Fsp3) is 0.435. The molecule has 0 radical (unpaired) electrons. The molecule has 7 N–H and O–H groups in total. The lowest BCUT2D eigenvalue weighted by Gasteiger charge is -2.55. The summed E-state index contributed by atoms with van der Waals surface area (Å²) in [6.07, 6.45) is -15.7. The number of ether oxygens (including phenoxy) is 3. The molecule has 12 amide bonds. The zero-order valence-corrected chi connectivity index (χ0v) is 57.7. The molecule has 0 unspecified atom stereocenters. The van der Waals surface area contributed by atoms with E-state index in [4.69, 9.17) is 18.6 Å². The van der Waals surface area contributed by atoms with Crippen LogP contribution in [0.4, 0.5) is 71.0 Å². The summed E-state index contributed by atoms with van der Waals surface area (Å²) in [4.78, 5) is 172. The minimum Gasteiger partial charge on any atom is -0.449 e. The van der Waals surface area contributed by atoms with Crippen molar-refractivity contribution < 1.29 is 116 Å². The van der Waals surface area contributed by atoms with Gasteiger partial charge in [-0.3, -0.25) is 75.1 Å². The summed E-state index contributed by atoms with van der Waals surface area (Å²) in [5.41, 5.74) is -2.81. The van der Waals surface area contributed by atoms with Crippen molar-refractivity contribution in [1.82, 2.24) is 51.8 Å². The van der Waals surface area contributed by atoms with Crippen molar-refractivity contribution in [3.8, 4) is 0 Å².